The van der Waals surface area contributed by atoms with Crippen molar-refractivity contribution in [3.05, 3.63) is 23.9 Å². The van der Waals surface area contributed by atoms with E-state index in [9.17, 15) is 14.4 Å². The molecule has 98 valence electrons. The number of amides is 1. The Morgan fingerprint density at radius 3 is 2.47 bits per heavy atom. The first-order chi connectivity index (χ1) is 8.90. The van der Waals surface area contributed by atoms with Crippen LogP contribution in [0.15, 0.2) is 18.3 Å². The van der Waals surface area contributed by atoms with Crippen LogP contribution in [0, 0.1) is 0 Å². The summed E-state index contributed by atoms with van der Waals surface area (Å²) in [6, 6.07) is 2.80. The molecule has 0 radical (unpaired) electrons. The number of carbonyl (C=O) groups is 3. The van der Waals surface area contributed by atoms with Crippen molar-refractivity contribution in [1.29, 1.82) is 0 Å². The SMILES string of the molecule is CC(=O)Nc1cc2c(cnn2C(C)=O)cc1C(=O)O. The van der Waals surface area contributed by atoms with Crippen molar-refractivity contribution in [1.82, 2.24) is 9.78 Å². The number of rotatable bonds is 2. The molecule has 0 aliphatic rings. The van der Waals surface area contributed by atoms with Gasteiger partial charge in [-0.3, -0.25) is 9.59 Å². The topological polar surface area (TPSA) is 101 Å². The van der Waals surface area contributed by atoms with Crippen LogP contribution >= 0.6 is 0 Å². The van der Waals surface area contributed by atoms with Crippen LogP contribution in [0.3, 0.4) is 0 Å². The quantitative estimate of drug-likeness (QED) is 0.849. The minimum absolute atomic E-state index is 0.0502. The van der Waals surface area contributed by atoms with Crippen LogP contribution in [-0.4, -0.2) is 32.7 Å². The Morgan fingerprint density at radius 1 is 1.26 bits per heavy atom. The van der Waals surface area contributed by atoms with E-state index in [1.54, 1.807) is 0 Å². The predicted octanol–water partition coefficient (Wildman–Crippen LogP) is 1.35. The first-order valence-electron chi connectivity index (χ1n) is 5.43. The van der Waals surface area contributed by atoms with E-state index in [4.69, 9.17) is 5.11 Å². The highest BCUT2D eigenvalue weighted by Gasteiger charge is 2.16. The van der Waals surface area contributed by atoms with E-state index in [0.717, 1.165) is 4.68 Å². The maximum Gasteiger partial charge on any atom is 0.337 e. The van der Waals surface area contributed by atoms with Gasteiger partial charge in [-0.1, -0.05) is 0 Å². The van der Waals surface area contributed by atoms with Gasteiger partial charge in [-0.15, -0.1) is 0 Å². The first-order valence-corrected chi connectivity index (χ1v) is 5.43. The number of aromatic nitrogens is 2. The van der Waals surface area contributed by atoms with Gasteiger partial charge in [-0.2, -0.15) is 5.10 Å². The Hall–Kier alpha value is -2.70. The number of fused-ring (bicyclic) bond motifs is 1. The smallest absolute Gasteiger partial charge is 0.337 e. The lowest BCUT2D eigenvalue weighted by molar-refractivity contribution is -0.114. The normalized spacial score (nSPS) is 10.4. The third-order valence-electron chi connectivity index (χ3n) is 2.55. The van der Waals surface area contributed by atoms with Crippen LogP contribution in [0.5, 0.6) is 0 Å². The Kier molecular flexibility index (Phi) is 3.04. The third kappa shape index (κ3) is 2.30. The molecule has 0 atom stereocenters. The molecule has 1 aromatic heterocycles. The molecule has 0 saturated heterocycles. The lowest BCUT2D eigenvalue weighted by Crippen LogP contribution is -2.12. The molecule has 0 bridgehead atoms. The molecular weight excluding hydrogens is 250 g/mol. The van der Waals surface area contributed by atoms with Crippen LogP contribution in [0.4, 0.5) is 5.69 Å². The fourth-order valence-corrected chi connectivity index (χ4v) is 1.79. The predicted molar refractivity (Wildman–Crippen MR) is 67.3 cm³/mol. The van der Waals surface area contributed by atoms with Crippen molar-refractivity contribution in [2.45, 2.75) is 13.8 Å². The summed E-state index contributed by atoms with van der Waals surface area (Å²) in [5.74, 6) is -1.86. The highest BCUT2D eigenvalue weighted by Crippen LogP contribution is 2.24. The number of hydrogen-bond acceptors (Lipinski definition) is 4. The van der Waals surface area contributed by atoms with Gasteiger partial charge in [0, 0.05) is 19.2 Å². The molecule has 0 aliphatic heterocycles. The largest absolute Gasteiger partial charge is 0.478 e. The lowest BCUT2D eigenvalue weighted by Gasteiger charge is -2.07. The molecule has 0 saturated carbocycles. The summed E-state index contributed by atoms with van der Waals surface area (Å²) in [5, 5.41) is 15.9. The highest BCUT2D eigenvalue weighted by atomic mass is 16.4. The lowest BCUT2D eigenvalue weighted by atomic mass is 10.1. The van der Waals surface area contributed by atoms with Crippen molar-refractivity contribution in [2.75, 3.05) is 5.32 Å². The Morgan fingerprint density at radius 2 is 1.95 bits per heavy atom. The Balaban J connectivity index is 2.71. The Labute approximate surface area is 107 Å². The average Bonchev–Trinajstić information content (AvgIpc) is 2.69. The highest BCUT2D eigenvalue weighted by molar-refractivity contribution is 6.05. The van der Waals surface area contributed by atoms with Gasteiger partial charge < -0.3 is 10.4 Å². The molecule has 2 N–H and O–H groups in total. The molecule has 0 aliphatic carbocycles. The van der Waals surface area contributed by atoms with Gasteiger partial charge >= 0.3 is 5.97 Å². The van der Waals surface area contributed by atoms with Crippen molar-refractivity contribution in [2.24, 2.45) is 0 Å². The monoisotopic (exact) mass is 261 g/mol. The molecule has 0 unspecified atom stereocenters. The number of nitrogens with one attached hydrogen (secondary N) is 1. The second-order valence-corrected chi connectivity index (χ2v) is 4.02. The van der Waals surface area contributed by atoms with Crippen molar-refractivity contribution in [3.8, 4) is 0 Å². The van der Waals surface area contributed by atoms with E-state index in [-0.39, 0.29) is 17.2 Å². The molecule has 7 nitrogen and oxygen atoms in total. The molecule has 0 spiro atoms. The minimum Gasteiger partial charge on any atom is -0.478 e. The van der Waals surface area contributed by atoms with Gasteiger partial charge in [0.05, 0.1) is 23.0 Å². The fourth-order valence-electron chi connectivity index (χ4n) is 1.79. The number of carboxylic acids is 1. The van der Waals surface area contributed by atoms with Gasteiger partial charge in [0.1, 0.15) is 0 Å². The van der Waals surface area contributed by atoms with E-state index in [0.29, 0.717) is 10.9 Å². The van der Waals surface area contributed by atoms with Crippen LogP contribution in [0.25, 0.3) is 10.9 Å². The van der Waals surface area contributed by atoms with E-state index in [2.05, 4.69) is 10.4 Å². The van der Waals surface area contributed by atoms with E-state index >= 15 is 0 Å². The van der Waals surface area contributed by atoms with E-state index in [1.165, 1.54) is 32.2 Å². The molecule has 19 heavy (non-hydrogen) atoms. The maximum absolute atomic E-state index is 11.4. The summed E-state index contributed by atoms with van der Waals surface area (Å²) in [4.78, 5) is 33.6. The Bertz CT molecular complexity index is 702. The number of carboxylic acid groups (broad SMARTS) is 1. The van der Waals surface area contributed by atoms with Gasteiger partial charge in [0.25, 0.3) is 0 Å². The summed E-state index contributed by atoms with van der Waals surface area (Å²) >= 11 is 0. The number of hydrogen-bond donors (Lipinski definition) is 2. The molecule has 0 fully saturated rings. The number of nitrogens with zero attached hydrogens (tertiary/aromatic N) is 2. The zero-order chi connectivity index (χ0) is 14.2. The van der Waals surface area contributed by atoms with Crippen molar-refractivity contribution < 1.29 is 19.5 Å². The summed E-state index contributed by atoms with van der Waals surface area (Å²) in [7, 11) is 0. The summed E-state index contributed by atoms with van der Waals surface area (Å²) < 4.78 is 1.15. The number of carbonyl (C=O) groups excluding carboxylic acids is 2. The summed E-state index contributed by atoms with van der Waals surface area (Å²) in [6.07, 6.45) is 1.40. The fraction of sp³-hybridized carbons (Fsp3) is 0.167. The standard InChI is InChI=1S/C12H11N3O4/c1-6(16)14-10-4-11-8(3-9(10)12(18)19)5-13-15(11)7(2)17/h3-5H,1-2H3,(H,14,16)(H,18,19). The molecule has 2 aromatic rings. The zero-order valence-electron chi connectivity index (χ0n) is 10.3. The van der Waals surface area contributed by atoms with Crippen LogP contribution in [0.2, 0.25) is 0 Å². The average molecular weight is 261 g/mol. The first kappa shape index (κ1) is 12.7. The van der Waals surface area contributed by atoms with E-state index < -0.39 is 11.9 Å². The molecule has 1 aromatic carbocycles. The number of benzene rings is 1. The van der Waals surface area contributed by atoms with Gasteiger partial charge in [-0.25, -0.2) is 9.48 Å². The third-order valence-corrected chi connectivity index (χ3v) is 2.55. The van der Waals surface area contributed by atoms with Crippen molar-refractivity contribution >= 4 is 34.4 Å². The molecule has 1 heterocycles. The van der Waals surface area contributed by atoms with Gasteiger partial charge in [0.15, 0.2) is 0 Å². The van der Waals surface area contributed by atoms with Crippen LogP contribution in [-0.2, 0) is 4.79 Å². The minimum atomic E-state index is -1.17. The van der Waals surface area contributed by atoms with Crippen molar-refractivity contribution in [3.63, 3.8) is 0 Å². The second kappa shape index (κ2) is 4.52. The van der Waals surface area contributed by atoms with Gasteiger partial charge in [-0.05, 0) is 12.1 Å². The molecule has 2 rings (SSSR count). The van der Waals surface area contributed by atoms with E-state index in [1.807, 2.05) is 0 Å². The summed E-state index contributed by atoms with van der Waals surface area (Å²) in [6.45, 7) is 2.62. The van der Waals surface area contributed by atoms with Crippen LogP contribution < -0.4 is 5.32 Å². The van der Waals surface area contributed by atoms with Gasteiger partial charge in [0.2, 0.25) is 11.8 Å². The zero-order valence-corrected chi connectivity index (χ0v) is 10.3. The molecule has 7 heteroatoms. The summed E-state index contributed by atoms with van der Waals surface area (Å²) in [5.41, 5.74) is 0.530. The number of aromatic carboxylic acids is 1. The molecular formula is C12H11N3O4. The van der Waals surface area contributed by atoms with Crippen LogP contribution in [0.1, 0.15) is 29.0 Å². The number of anilines is 1. The molecule has 1 amide bonds. The second-order valence-electron chi connectivity index (χ2n) is 4.02. The maximum atomic E-state index is 11.4.